The molecule has 2 N–H and O–H groups in total. The summed E-state index contributed by atoms with van der Waals surface area (Å²) < 4.78 is 32.5. The van der Waals surface area contributed by atoms with E-state index >= 15 is 0 Å². The number of hydrogen-bond acceptors (Lipinski definition) is 7. The smallest absolute Gasteiger partial charge is 0.270 e. The molecule has 2 aromatic carbocycles. The number of nitrogens with one attached hydrogen (secondary N) is 2. The third-order valence-electron chi connectivity index (χ3n) is 3.70. The van der Waals surface area contributed by atoms with Gasteiger partial charge in [-0.3, -0.25) is 19.6 Å². The summed E-state index contributed by atoms with van der Waals surface area (Å²) >= 11 is 5.97. The first-order chi connectivity index (χ1) is 13.7. The molecule has 0 saturated carbocycles. The first-order valence-corrected chi connectivity index (χ1v) is 9.84. The maximum Gasteiger partial charge on any atom is 0.270 e. The quantitative estimate of drug-likeness (QED) is 0.443. The molecule has 0 saturated heterocycles. The van der Waals surface area contributed by atoms with Gasteiger partial charge in [0.25, 0.3) is 21.6 Å². The van der Waals surface area contributed by atoms with E-state index in [1.54, 1.807) is 6.92 Å². The van der Waals surface area contributed by atoms with Crippen molar-refractivity contribution in [1.82, 2.24) is 5.16 Å². The van der Waals surface area contributed by atoms with E-state index in [1.165, 1.54) is 36.4 Å². The number of halogens is 1. The van der Waals surface area contributed by atoms with Crippen LogP contribution >= 0.6 is 11.6 Å². The number of nitro groups is 1. The highest BCUT2D eigenvalue weighted by molar-refractivity contribution is 7.92. The van der Waals surface area contributed by atoms with E-state index in [9.17, 15) is 23.3 Å². The van der Waals surface area contributed by atoms with Gasteiger partial charge in [0, 0.05) is 18.2 Å². The lowest BCUT2D eigenvalue weighted by Gasteiger charge is -2.12. The molecule has 0 radical (unpaired) electrons. The number of aryl methyl sites for hydroxylation is 1. The Kier molecular flexibility index (Phi) is 5.52. The van der Waals surface area contributed by atoms with Crippen LogP contribution in [0.1, 0.15) is 16.1 Å². The Morgan fingerprint density at radius 3 is 2.59 bits per heavy atom. The van der Waals surface area contributed by atoms with Crippen molar-refractivity contribution >= 4 is 44.7 Å². The second-order valence-electron chi connectivity index (χ2n) is 5.80. The third-order valence-corrected chi connectivity index (χ3v) is 5.44. The fraction of sp³-hybridized carbons (Fsp3) is 0.0588. The normalized spacial score (nSPS) is 11.1. The zero-order valence-electron chi connectivity index (χ0n) is 14.7. The van der Waals surface area contributed by atoms with Crippen LogP contribution in [0.4, 0.5) is 17.2 Å². The van der Waals surface area contributed by atoms with Gasteiger partial charge in [-0.15, -0.1) is 0 Å². The first kappa shape index (κ1) is 20.3. The number of sulfonamides is 1. The Labute approximate surface area is 169 Å². The van der Waals surface area contributed by atoms with E-state index in [1.807, 2.05) is 0 Å². The summed E-state index contributed by atoms with van der Waals surface area (Å²) in [5.41, 5.74) is -0.551. The van der Waals surface area contributed by atoms with Crippen LogP contribution in [0.5, 0.6) is 0 Å². The summed E-state index contributed by atoms with van der Waals surface area (Å²) in [7, 11) is -4.12. The lowest BCUT2D eigenvalue weighted by molar-refractivity contribution is -0.384. The molecule has 0 aliphatic rings. The van der Waals surface area contributed by atoms with Crippen LogP contribution in [0, 0.1) is 17.0 Å². The largest absolute Gasteiger partial charge is 0.360 e. The van der Waals surface area contributed by atoms with Crippen LogP contribution in [0.25, 0.3) is 0 Å². The van der Waals surface area contributed by atoms with Crippen molar-refractivity contribution in [2.24, 2.45) is 0 Å². The number of rotatable bonds is 6. The van der Waals surface area contributed by atoms with Gasteiger partial charge < -0.3 is 9.84 Å². The minimum absolute atomic E-state index is 0.0228. The molecule has 3 rings (SSSR count). The number of carbonyl (C=O) groups excluding carboxylic acids is 1. The zero-order chi connectivity index (χ0) is 21.2. The van der Waals surface area contributed by atoms with Crippen LogP contribution in [0.15, 0.2) is 57.9 Å². The molecule has 0 aliphatic heterocycles. The molecule has 1 heterocycles. The zero-order valence-corrected chi connectivity index (χ0v) is 16.3. The Bertz CT molecular complexity index is 1210. The number of nitro benzene ring substituents is 1. The number of carbonyl (C=O) groups is 1. The van der Waals surface area contributed by atoms with Crippen LogP contribution in [0.3, 0.4) is 0 Å². The van der Waals surface area contributed by atoms with Crippen molar-refractivity contribution in [3.8, 4) is 0 Å². The molecule has 1 amide bonds. The maximum atomic E-state index is 12.7. The third kappa shape index (κ3) is 4.52. The van der Waals surface area contributed by atoms with E-state index in [-0.39, 0.29) is 32.7 Å². The van der Waals surface area contributed by atoms with Gasteiger partial charge in [-0.25, -0.2) is 8.42 Å². The second-order valence-corrected chi connectivity index (χ2v) is 7.86. The molecular weight excluding hydrogens is 424 g/mol. The van der Waals surface area contributed by atoms with E-state index in [2.05, 4.69) is 15.2 Å². The molecule has 0 atom stereocenters. The number of benzene rings is 2. The number of anilines is 2. The molecule has 1 aromatic heterocycles. The SMILES string of the molecule is Cc1cc(NS(=O)(=O)c2ccccc2NC(=O)c2cc([N+](=O)[O-])ccc2Cl)no1. The standard InChI is InChI=1S/C17H13ClN4O6S/c1-10-8-16(20-28-10)21-29(26,27)15-5-3-2-4-14(15)19-17(23)12-9-11(22(24)25)6-7-13(12)18/h2-9H,1H3,(H,19,23)(H,20,21). The van der Waals surface area contributed by atoms with Gasteiger partial charge in [0.1, 0.15) is 10.7 Å². The summed E-state index contributed by atoms with van der Waals surface area (Å²) in [4.78, 5) is 22.6. The molecule has 0 unspecified atom stereocenters. The topological polar surface area (TPSA) is 144 Å². The van der Waals surface area contributed by atoms with Gasteiger partial charge in [0.05, 0.1) is 21.2 Å². The molecule has 150 valence electrons. The van der Waals surface area contributed by atoms with Crippen LogP contribution in [-0.4, -0.2) is 24.4 Å². The van der Waals surface area contributed by atoms with Crippen molar-refractivity contribution in [2.75, 3.05) is 10.0 Å². The summed E-state index contributed by atoms with van der Waals surface area (Å²) in [6.45, 7) is 1.60. The number of aromatic nitrogens is 1. The summed E-state index contributed by atoms with van der Waals surface area (Å²) in [6, 6.07) is 10.4. The summed E-state index contributed by atoms with van der Waals surface area (Å²) in [6.07, 6.45) is 0. The average Bonchev–Trinajstić information content (AvgIpc) is 3.06. The summed E-state index contributed by atoms with van der Waals surface area (Å²) in [5.74, 6) is -0.423. The molecule has 29 heavy (non-hydrogen) atoms. The lowest BCUT2D eigenvalue weighted by atomic mass is 10.2. The van der Waals surface area contributed by atoms with Gasteiger partial charge in [-0.2, -0.15) is 0 Å². The van der Waals surface area contributed by atoms with Crippen LogP contribution in [-0.2, 0) is 10.0 Å². The molecule has 12 heteroatoms. The Balaban J connectivity index is 1.92. The molecule has 0 spiro atoms. The highest BCUT2D eigenvalue weighted by Crippen LogP contribution is 2.27. The van der Waals surface area contributed by atoms with Crippen molar-refractivity contribution in [3.05, 3.63) is 75.0 Å². The van der Waals surface area contributed by atoms with Crippen molar-refractivity contribution in [1.29, 1.82) is 0 Å². The van der Waals surface area contributed by atoms with Gasteiger partial charge in [0.15, 0.2) is 5.82 Å². The Morgan fingerprint density at radius 1 is 1.21 bits per heavy atom. The van der Waals surface area contributed by atoms with E-state index in [0.29, 0.717) is 5.76 Å². The maximum absolute atomic E-state index is 12.7. The highest BCUT2D eigenvalue weighted by Gasteiger charge is 2.23. The predicted octanol–water partition coefficient (Wildman–Crippen LogP) is 3.60. The van der Waals surface area contributed by atoms with Gasteiger partial charge in [-0.1, -0.05) is 28.9 Å². The van der Waals surface area contributed by atoms with E-state index in [0.717, 1.165) is 12.1 Å². The van der Waals surface area contributed by atoms with Crippen molar-refractivity contribution < 1.29 is 22.7 Å². The second kappa shape index (κ2) is 7.89. The Morgan fingerprint density at radius 2 is 1.93 bits per heavy atom. The number of amides is 1. The minimum atomic E-state index is -4.12. The number of hydrogen-bond donors (Lipinski definition) is 2. The fourth-order valence-corrected chi connectivity index (χ4v) is 3.75. The van der Waals surface area contributed by atoms with Gasteiger partial charge in [-0.05, 0) is 25.1 Å². The first-order valence-electron chi connectivity index (χ1n) is 7.98. The number of nitrogens with zero attached hydrogens (tertiary/aromatic N) is 2. The van der Waals surface area contributed by atoms with E-state index < -0.39 is 20.9 Å². The molecule has 10 nitrogen and oxygen atoms in total. The van der Waals surface area contributed by atoms with Gasteiger partial charge in [0.2, 0.25) is 0 Å². The molecule has 0 bridgehead atoms. The van der Waals surface area contributed by atoms with Crippen molar-refractivity contribution in [3.63, 3.8) is 0 Å². The van der Waals surface area contributed by atoms with Gasteiger partial charge >= 0.3 is 0 Å². The van der Waals surface area contributed by atoms with Crippen LogP contribution in [0.2, 0.25) is 5.02 Å². The molecule has 3 aromatic rings. The minimum Gasteiger partial charge on any atom is -0.360 e. The predicted molar refractivity (Wildman–Crippen MR) is 105 cm³/mol. The monoisotopic (exact) mass is 436 g/mol. The highest BCUT2D eigenvalue weighted by atomic mass is 35.5. The molecular formula is C17H13ClN4O6S. The lowest BCUT2D eigenvalue weighted by Crippen LogP contribution is -2.19. The molecule has 0 fully saturated rings. The van der Waals surface area contributed by atoms with E-state index in [4.69, 9.17) is 16.1 Å². The summed E-state index contributed by atoms with van der Waals surface area (Å²) in [5, 5.41) is 16.9. The van der Waals surface area contributed by atoms with Crippen molar-refractivity contribution in [2.45, 2.75) is 11.8 Å². The number of para-hydroxylation sites is 1. The Hall–Kier alpha value is -3.44. The number of non-ortho nitro benzene ring substituents is 1. The van der Waals surface area contributed by atoms with Crippen LogP contribution < -0.4 is 10.0 Å². The molecule has 0 aliphatic carbocycles. The fourth-order valence-electron chi connectivity index (χ4n) is 2.40. The average molecular weight is 437 g/mol.